The molecule has 1 fully saturated rings. The van der Waals surface area contributed by atoms with Gasteiger partial charge in [-0.2, -0.15) is 4.31 Å². The van der Waals surface area contributed by atoms with Crippen molar-refractivity contribution in [3.05, 3.63) is 42.5 Å². The number of nitrogens with one attached hydrogen (secondary N) is 1. The Hall–Kier alpha value is -1.43. The number of nitrogens with zero attached hydrogens (tertiary/aromatic N) is 1. The van der Waals surface area contributed by atoms with Crippen LogP contribution in [0.1, 0.15) is 12.8 Å². The lowest BCUT2D eigenvalue weighted by Gasteiger charge is -2.32. The van der Waals surface area contributed by atoms with Crippen molar-refractivity contribution in [2.24, 2.45) is 0 Å². The van der Waals surface area contributed by atoms with Gasteiger partial charge in [0.05, 0.1) is 4.90 Å². The molecule has 112 valence electrons. The molecule has 0 bridgehead atoms. The number of piperidine rings is 1. The highest BCUT2D eigenvalue weighted by atomic mass is 32.2. The van der Waals surface area contributed by atoms with Gasteiger partial charge in [0.25, 0.3) is 0 Å². The van der Waals surface area contributed by atoms with Gasteiger partial charge in [-0.25, -0.2) is 8.42 Å². The van der Waals surface area contributed by atoms with Crippen molar-refractivity contribution in [3.8, 4) is 0 Å². The van der Waals surface area contributed by atoms with Crippen LogP contribution in [-0.4, -0.2) is 38.9 Å². The number of fused-ring (bicyclic) bond motifs is 1. The molecular weight excluding hydrogens is 284 g/mol. The van der Waals surface area contributed by atoms with Crippen molar-refractivity contribution in [1.82, 2.24) is 9.62 Å². The molecule has 1 saturated heterocycles. The predicted octanol–water partition coefficient (Wildman–Crippen LogP) is 2.21. The summed E-state index contributed by atoms with van der Waals surface area (Å²) >= 11 is 0. The zero-order chi connectivity index (χ0) is 14.9. The van der Waals surface area contributed by atoms with Gasteiger partial charge < -0.3 is 5.32 Å². The van der Waals surface area contributed by atoms with Gasteiger partial charge in [-0.3, -0.25) is 0 Å². The van der Waals surface area contributed by atoms with Crippen LogP contribution in [0.4, 0.5) is 0 Å². The van der Waals surface area contributed by atoms with Gasteiger partial charge in [0.2, 0.25) is 10.0 Å². The van der Waals surface area contributed by atoms with E-state index in [0.29, 0.717) is 18.0 Å². The second-order valence-corrected chi connectivity index (χ2v) is 7.37. The summed E-state index contributed by atoms with van der Waals surface area (Å²) in [5.74, 6) is 0. The highest BCUT2D eigenvalue weighted by molar-refractivity contribution is 7.89. The first-order valence-corrected chi connectivity index (χ1v) is 8.72. The summed E-state index contributed by atoms with van der Waals surface area (Å²) in [6, 6.07) is 13.3. The third-order valence-corrected chi connectivity index (χ3v) is 6.08. The van der Waals surface area contributed by atoms with Crippen LogP contribution in [0, 0.1) is 0 Å². The molecule has 0 radical (unpaired) electrons. The fourth-order valence-corrected chi connectivity index (χ4v) is 4.69. The zero-order valence-corrected chi connectivity index (χ0v) is 12.9. The Morgan fingerprint density at radius 2 is 1.90 bits per heavy atom. The van der Waals surface area contributed by atoms with Crippen molar-refractivity contribution < 1.29 is 8.42 Å². The van der Waals surface area contributed by atoms with Gasteiger partial charge in [-0.05, 0) is 31.3 Å². The molecule has 0 spiro atoms. The fourth-order valence-electron chi connectivity index (χ4n) is 2.96. The Bertz CT molecular complexity index is 738. The van der Waals surface area contributed by atoms with Crippen molar-refractivity contribution in [2.75, 3.05) is 20.1 Å². The second-order valence-electron chi connectivity index (χ2n) is 5.47. The molecule has 4 nitrogen and oxygen atoms in total. The van der Waals surface area contributed by atoms with Gasteiger partial charge in [0.15, 0.2) is 0 Å². The molecule has 0 amide bonds. The molecule has 1 aliphatic heterocycles. The molecule has 1 heterocycles. The topological polar surface area (TPSA) is 49.4 Å². The molecule has 0 aliphatic carbocycles. The first-order chi connectivity index (χ1) is 10.1. The van der Waals surface area contributed by atoms with Crippen LogP contribution < -0.4 is 5.32 Å². The summed E-state index contributed by atoms with van der Waals surface area (Å²) in [5, 5.41) is 4.95. The summed E-state index contributed by atoms with van der Waals surface area (Å²) in [5.41, 5.74) is 0. The normalized spacial score (nSPS) is 20.7. The SMILES string of the molecule is CNC1CCCN(S(=O)(=O)c2cccc3ccccc23)C1. The summed E-state index contributed by atoms with van der Waals surface area (Å²) in [6.07, 6.45) is 1.92. The van der Waals surface area contributed by atoms with E-state index in [1.807, 2.05) is 43.4 Å². The molecule has 3 rings (SSSR count). The Morgan fingerprint density at radius 3 is 2.71 bits per heavy atom. The Kier molecular flexibility index (Phi) is 3.97. The molecule has 1 aliphatic rings. The van der Waals surface area contributed by atoms with E-state index in [0.717, 1.165) is 23.6 Å². The van der Waals surface area contributed by atoms with Crippen LogP contribution in [0.3, 0.4) is 0 Å². The van der Waals surface area contributed by atoms with E-state index in [-0.39, 0.29) is 6.04 Å². The number of rotatable bonds is 3. The van der Waals surface area contributed by atoms with Gasteiger partial charge in [0.1, 0.15) is 0 Å². The highest BCUT2D eigenvalue weighted by Gasteiger charge is 2.30. The molecule has 1 atom stereocenters. The molecule has 1 unspecified atom stereocenters. The lowest BCUT2D eigenvalue weighted by Crippen LogP contribution is -2.46. The summed E-state index contributed by atoms with van der Waals surface area (Å²) in [7, 11) is -1.55. The highest BCUT2D eigenvalue weighted by Crippen LogP contribution is 2.27. The number of benzene rings is 2. The van der Waals surface area contributed by atoms with Crippen molar-refractivity contribution >= 4 is 20.8 Å². The first kappa shape index (κ1) is 14.5. The third-order valence-electron chi connectivity index (χ3n) is 4.16. The number of sulfonamides is 1. The van der Waals surface area contributed by atoms with E-state index >= 15 is 0 Å². The van der Waals surface area contributed by atoms with E-state index in [2.05, 4.69) is 5.32 Å². The van der Waals surface area contributed by atoms with Crippen molar-refractivity contribution in [1.29, 1.82) is 0 Å². The maximum Gasteiger partial charge on any atom is 0.243 e. The van der Waals surface area contributed by atoms with E-state index < -0.39 is 10.0 Å². The smallest absolute Gasteiger partial charge is 0.243 e. The van der Waals surface area contributed by atoms with Crippen LogP contribution in [-0.2, 0) is 10.0 Å². The lowest BCUT2D eigenvalue weighted by atomic mass is 10.1. The zero-order valence-electron chi connectivity index (χ0n) is 12.1. The average molecular weight is 304 g/mol. The quantitative estimate of drug-likeness (QED) is 0.946. The molecule has 2 aromatic rings. The van der Waals surface area contributed by atoms with Gasteiger partial charge >= 0.3 is 0 Å². The second kappa shape index (κ2) is 5.75. The first-order valence-electron chi connectivity index (χ1n) is 7.28. The van der Waals surface area contributed by atoms with Crippen molar-refractivity contribution in [3.63, 3.8) is 0 Å². The standard InChI is InChI=1S/C16H20N2O2S/c1-17-14-8-5-11-18(12-14)21(19,20)16-10-4-7-13-6-2-3-9-15(13)16/h2-4,6-7,9-10,14,17H,5,8,11-12H2,1H3. The lowest BCUT2D eigenvalue weighted by molar-refractivity contribution is 0.293. The Labute approximate surface area is 125 Å². The van der Waals surface area contributed by atoms with Crippen LogP contribution in [0.25, 0.3) is 10.8 Å². The summed E-state index contributed by atoms with van der Waals surface area (Å²) in [4.78, 5) is 0.414. The molecule has 0 saturated carbocycles. The number of hydrogen-bond donors (Lipinski definition) is 1. The van der Waals surface area contributed by atoms with Gasteiger partial charge in [0, 0.05) is 24.5 Å². The predicted molar refractivity (Wildman–Crippen MR) is 84.8 cm³/mol. The van der Waals surface area contributed by atoms with E-state index in [9.17, 15) is 8.42 Å². The van der Waals surface area contributed by atoms with E-state index in [4.69, 9.17) is 0 Å². The Balaban J connectivity index is 2.04. The molecule has 2 aromatic carbocycles. The van der Waals surface area contributed by atoms with E-state index in [1.54, 1.807) is 10.4 Å². The van der Waals surface area contributed by atoms with Gasteiger partial charge in [-0.1, -0.05) is 36.4 Å². The number of likely N-dealkylation sites (N-methyl/N-ethyl adjacent to an activating group) is 1. The maximum absolute atomic E-state index is 13.0. The number of hydrogen-bond acceptors (Lipinski definition) is 3. The fraction of sp³-hybridized carbons (Fsp3) is 0.375. The largest absolute Gasteiger partial charge is 0.316 e. The molecule has 1 N–H and O–H groups in total. The molecule has 5 heteroatoms. The van der Waals surface area contributed by atoms with Crippen LogP contribution in [0.5, 0.6) is 0 Å². The third kappa shape index (κ3) is 2.69. The van der Waals surface area contributed by atoms with Crippen LogP contribution in [0.2, 0.25) is 0 Å². The monoisotopic (exact) mass is 304 g/mol. The molecule has 21 heavy (non-hydrogen) atoms. The average Bonchev–Trinajstić information content (AvgIpc) is 2.54. The minimum atomic E-state index is -3.44. The minimum absolute atomic E-state index is 0.239. The summed E-state index contributed by atoms with van der Waals surface area (Å²) in [6.45, 7) is 1.14. The molecule has 0 aromatic heterocycles. The molecular formula is C16H20N2O2S. The van der Waals surface area contributed by atoms with Crippen LogP contribution in [0.15, 0.2) is 47.4 Å². The van der Waals surface area contributed by atoms with E-state index in [1.165, 1.54) is 0 Å². The summed E-state index contributed by atoms with van der Waals surface area (Å²) < 4.78 is 27.5. The van der Waals surface area contributed by atoms with Gasteiger partial charge in [-0.15, -0.1) is 0 Å². The minimum Gasteiger partial charge on any atom is -0.316 e. The van der Waals surface area contributed by atoms with Crippen LogP contribution >= 0.6 is 0 Å². The Morgan fingerprint density at radius 1 is 1.14 bits per heavy atom. The maximum atomic E-state index is 13.0. The van der Waals surface area contributed by atoms with Crippen molar-refractivity contribution in [2.45, 2.75) is 23.8 Å².